The zero-order valence-corrected chi connectivity index (χ0v) is 16.6. The van der Waals surface area contributed by atoms with Crippen molar-refractivity contribution in [2.75, 3.05) is 10.2 Å². The molecular weight excluding hydrogens is 362 g/mol. The fraction of sp³-hybridized carbons (Fsp3) is 0.417. The number of benzene rings is 2. The van der Waals surface area contributed by atoms with Gasteiger partial charge in [-0.05, 0) is 42.9 Å². The smallest absolute Gasteiger partial charge is 0.279 e. The average molecular weight is 387 g/mol. The van der Waals surface area contributed by atoms with Crippen LogP contribution >= 0.6 is 0 Å². The van der Waals surface area contributed by atoms with Gasteiger partial charge in [-0.3, -0.25) is 9.59 Å². The molecule has 4 aliphatic rings. The molecule has 0 bridgehead atoms. The number of amides is 2. The van der Waals surface area contributed by atoms with Crippen LogP contribution in [0.3, 0.4) is 0 Å². The monoisotopic (exact) mass is 387 g/mol. The van der Waals surface area contributed by atoms with Crippen LogP contribution in [0.15, 0.2) is 42.5 Å². The van der Waals surface area contributed by atoms with Gasteiger partial charge in [0.25, 0.3) is 11.8 Å². The molecule has 0 radical (unpaired) electrons. The minimum Gasteiger partial charge on any atom is -0.350 e. The Morgan fingerprint density at radius 3 is 2.59 bits per heavy atom. The van der Waals surface area contributed by atoms with E-state index in [9.17, 15) is 9.59 Å². The normalized spacial score (nSPS) is 28.7. The molecule has 2 amide bonds. The second kappa shape index (κ2) is 5.62. The van der Waals surface area contributed by atoms with E-state index in [0.29, 0.717) is 17.2 Å². The summed E-state index contributed by atoms with van der Waals surface area (Å²) in [5.74, 6) is 0.168. The first kappa shape index (κ1) is 17.1. The highest BCUT2D eigenvalue weighted by Crippen LogP contribution is 2.57. The van der Waals surface area contributed by atoms with E-state index in [1.807, 2.05) is 30.3 Å². The second-order valence-electron chi connectivity index (χ2n) is 9.15. The number of nitrogens with zero attached hydrogens (tertiary/aromatic N) is 1. The first-order chi connectivity index (χ1) is 14.1. The van der Waals surface area contributed by atoms with Crippen molar-refractivity contribution >= 4 is 23.2 Å². The minimum absolute atomic E-state index is 0.0309. The van der Waals surface area contributed by atoms with Crippen molar-refractivity contribution < 1.29 is 9.59 Å². The maximum atomic E-state index is 14.1. The standard InChI is InChI=1S/C24H25N3O2/c1-15-14-23(12-5-2-6-13-23)27-20-16(15)9-7-10-18(20)24(22(27)29)25-19-11-4-3-8-17(19)21(28)26-24/h3-4,7-11,15,25H,2,5-6,12-14H2,1H3,(H,26,28)/t15-,24+/m1/s1. The summed E-state index contributed by atoms with van der Waals surface area (Å²) in [5.41, 5.74) is 3.09. The van der Waals surface area contributed by atoms with Crippen LogP contribution < -0.4 is 15.5 Å². The molecule has 2 spiro atoms. The van der Waals surface area contributed by atoms with Gasteiger partial charge in [0.2, 0.25) is 5.66 Å². The van der Waals surface area contributed by atoms with E-state index in [-0.39, 0.29) is 17.4 Å². The number of carbonyl (C=O) groups is 2. The Hall–Kier alpha value is -2.82. The van der Waals surface area contributed by atoms with Gasteiger partial charge in [-0.25, -0.2) is 0 Å². The van der Waals surface area contributed by atoms with Crippen LogP contribution in [0.1, 0.15) is 72.9 Å². The van der Waals surface area contributed by atoms with E-state index in [0.717, 1.165) is 43.4 Å². The second-order valence-corrected chi connectivity index (χ2v) is 9.15. The van der Waals surface area contributed by atoms with Crippen LogP contribution in [0.25, 0.3) is 0 Å². The number of anilines is 2. The summed E-state index contributed by atoms with van der Waals surface area (Å²) in [6.45, 7) is 2.28. The van der Waals surface area contributed by atoms with Crippen molar-refractivity contribution in [2.45, 2.75) is 62.6 Å². The van der Waals surface area contributed by atoms with E-state index < -0.39 is 5.66 Å². The highest BCUT2D eigenvalue weighted by Gasteiger charge is 2.61. The highest BCUT2D eigenvalue weighted by molar-refractivity contribution is 6.16. The van der Waals surface area contributed by atoms with Gasteiger partial charge in [0, 0.05) is 16.8 Å². The molecule has 6 rings (SSSR count). The van der Waals surface area contributed by atoms with Gasteiger partial charge in [-0.15, -0.1) is 0 Å². The van der Waals surface area contributed by atoms with Gasteiger partial charge in [0.15, 0.2) is 0 Å². The SMILES string of the molecule is C[C@@H]1CC2(CCCCC2)N2C(=O)[C@@]3(NC(=O)c4ccccc4N3)c3cccc1c32. The maximum Gasteiger partial charge on any atom is 0.279 e. The summed E-state index contributed by atoms with van der Waals surface area (Å²) in [7, 11) is 0. The number of nitrogens with one attached hydrogen (secondary N) is 2. The molecule has 2 atom stereocenters. The number of hydrogen-bond acceptors (Lipinski definition) is 3. The molecule has 5 heteroatoms. The van der Waals surface area contributed by atoms with Gasteiger partial charge >= 0.3 is 0 Å². The lowest BCUT2D eigenvalue weighted by molar-refractivity contribution is -0.124. The topological polar surface area (TPSA) is 61.4 Å². The fourth-order valence-corrected chi connectivity index (χ4v) is 6.26. The molecule has 1 aliphatic carbocycles. The first-order valence-electron chi connectivity index (χ1n) is 10.7. The van der Waals surface area contributed by atoms with Gasteiger partial charge < -0.3 is 15.5 Å². The molecule has 1 saturated carbocycles. The van der Waals surface area contributed by atoms with Crippen LogP contribution in [-0.4, -0.2) is 17.4 Å². The molecule has 29 heavy (non-hydrogen) atoms. The molecule has 3 aliphatic heterocycles. The maximum absolute atomic E-state index is 14.1. The molecule has 3 heterocycles. The van der Waals surface area contributed by atoms with Gasteiger partial charge in [0.1, 0.15) is 0 Å². The quantitative estimate of drug-likeness (QED) is 0.710. The molecule has 0 saturated heterocycles. The highest BCUT2D eigenvalue weighted by atomic mass is 16.2. The summed E-state index contributed by atoms with van der Waals surface area (Å²) >= 11 is 0. The Labute approximate surface area is 170 Å². The summed E-state index contributed by atoms with van der Waals surface area (Å²) < 4.78 is 0. The Bertz CT molecular complexity index is 1060. The van der Waals surface area contributed by atoms with Crippen molar-refractivity contribution in [3.8, 4) is 0 Å². The molecule has 1 fully saturated rings. The zero-order valence-electron chi connectivity index (χ0n) is 16.6. The predicted octanol–water partition coefficient (Wildman–Crippen LogP) is 4.25. The van der Waals surface area contributed by atoms with E-state index in [4.69, 9.17) is 0 Å². The van der Waals surface area contributed by atoms with Gasteiger partial charge in [0.05, 0.1) is 11.3 Å². The van der Waals surface area contributed by atoms with Crippen LogP contribution in [0.4, 0.5) is 11.4 Å². The van der Waals surface area contributed by atoms with Crippen LogP contribution in [0.2, 0.25) is 0 Å². The summed E-state index contributed by atoms with van der Waals surface area (Å²) in [5, 5.41) is 6.51. The lowest BCUT2D eigenvalue weighted by Gasteiger charge is -2.50. The predicted molar refractivity (Wildman–Crippen MR) is 112 cm³/mol. The third-order valence-electron chi connectivity index (χ3n) is 7.49. The number of fused-ring (bicyclic) bond motifs is 3. The van der Waals surface area contributed by atoms with Crippen molar-refractivity contribution in [1.29, 1.82) is 0 Å². The Kier molecular flexibility index (Phi) is 3.31. The molecule has 0 aromatic heterocycles. The molecule has 5 nitrogen and oxygen atoms in total. The van der Waals surface area contributed by atoms with Crippen LogP contribution in [0, 0.1) is 0 Å². The van der Waals surface area contributed by atoms with E-state index >= 15 is 0 Å². The summed E-state index contributed by atoms with van der Waals surface area (Å²) in [4.78, 5) is 29.2. The van der Waals surface area contributed by atoms with Crippen molar-refractivity contribution in [3.63, 3.8) is 0 Å². The van der Waals surface area contributed by atoms with Crippen LogP contribution in [0.5, 0.6) is 0 Å². The Morgan fingerprint density at radius 1 is 0.966 bits per heavy atom. The Morgan fingerprint density at radius 2 is 1.76 bits per heavy atom. The third kappa shape index (κ3) is 2.05. The number of hydrogen-bond donors (Lipinski definition) is 2. The minimum atomic E-state index is -1.22. The lowest BCUT2D eigenvalue weighted by Crippen LogP contribution is -2.64. The average Bonchev–Trinajstić information content (AvgIpc) is 2.96. The van der Waals surface area contributed by atoms with Gasteiger partial charge in [-0.2, -0.15) is 0 Å². The lowest BCUT2D eigenvalue weighted by atomic mass is 9.70. The van der Waals surface area contributed by atoms with Gasteiger partial charge in [-0.1, -0.05) is 56.5 Å². The van der Waals surface area contributed by atoms with Crippen LogP contribution in [-0.2, 0) is 10.5 Å². The number of rotatable bonds is 0. The van der Waals surface area contributed by atoms with Crippen molar-refractivity contribution in [2.24, 2.45) is 0 Å². The van der Waals surface area contributed by atoms with Crippen molar-refractivity contribution in [3.05, 3.63) is 59.2 Å². The largest absolute Gasteiger partial charge is 0.350 e. The Balaban J connectivity index is 1.58. The molecule has 2 N–H and O–H groups in total. The van der Waals surface area contributed by atoms with E-state index in [2.05, 4.69) is 28.5 Å². The molecule has 2 aromatic carbocycles. The number of para-hydroxylation sites is 2. The summed E-state index contributed by atoms with van der Waals surface area (Å²) in [6, 6.07) is 13.6. The van der Waals surface area contributed by atoms with E-state index in [1.165, 1.54) is 12.0 Å². The molecule has 2 aromatic rings. The molecule has 0 unspecified atom stereocenters. The fourth-order valence-electron chi connectivity index (χ4n) is 6.26. The summed E-state index contributed by atoms with van der Waals surface area (Å²) in [6.07, 6.45) is 6.62. The number of carbonyl (C=O) groups excluding carboxylic acids is 2. The molecular formula is C24H25N3O2. The van der Waals surface area contributed by atoms with E-state index in [1.54, 1.807) is 6.07 Å². The van der Waals surface area contributed by atoms with Crippen molar-refractivity contribution in [1.82, 2.24) is 5.32 Å². The first-order valence-corrected chi connectivity index (χ1v) is 10.7. The third-order valence-corrected chi connectivity index (χ3v) is 7.49. The molecule has 148 valence electrons. The zero-order chi connectivity index (χ0) is 19.8.